The maximum absolute atomic E-state index is 2.73. The van der Waals surface area contributed by atoms with Gasteiger partial charge in [0.1, 0.15) is 0 Å². The topological polar surface area (TPSA) is 6.48 Å². The molecule has 0 radical (unpaired) electrons. The maximum Gasteiger partial charge on any atom is 0.0269 e. The molecule has 2 heterocycles. The zero-order valence-electron chi connectivity index (χ0n) is 11.9. The number of likely N-dealkylation sites (tertiary alicyclic amines) is 2. The summed E-state index contributed by atoms with van der Waals surface area (Å²) in [6.07, 6.45) is 2.72. The molecule has 16 heavy (non-hydrogen) atoms. The minimum absolute atomic E-state index is 0.341. The van der Waals surface area contributed by atoms with Gasteiger partial charge < -0.3 is 0 Å². The summed E-state index contributed by atoms with van der Waals surface area (Å²) in [7, 11) is 0. The van der Waals surface area contributed by atoms with E-state index in [1.54, 1.807) is 0 Å². The van der Waals surface area contributed by atoms with E-state index in [0.717, 1.165) is 12.1 Å². The van der Waals surface area contributed by atoms with Gasteiger partial charge in [0, 0.05) is 36.3 Å². The molecular weight excluding hydrogens is 196 g/mol. The predicted octanol–water partition coefficient (Wildman–Crippen LogP) is 2.73. The van der Waals surface area contributed by atoms with Crippen molar-refractivity contribution in [1.82, 2.24) is 9.80 Å². The van der Waals surface area contributed by atoms with Crippen LogP contribution in [0.3, 0.4) is 0 Å². The van der Waals surface area contributed by atoms with Crippen LogP contribution >= 0.6 is 0 Å². The highest BCUT2D eigenvalue weighted by Gasteiger charge is 2.48. The molecule has 2 atom stereocenters. The molecule has 0 spiro atoms. The molecule has 2 aliphatic rings. The fourth-order valence-electron chi connectivity index (χ4n) is 3.65. The zero-order chi connectivity index (χ0) is 12.1. The number of fused-ring (bicyclic) bond motifs is 1. The molecule has 0 amide bonds. The summed E-state index contributed by atoms with van der Waals surface area (Å²) in [5.74, 6) is 0. The largest absolute Gasteiger partial charge is 0.294 e. The molecule has 0 unspecified atom stereocenters. The lowest BCUT2D eigenvalue weighted by Gasteiger charge is -2.38. The minimum atomic E-state index is 0.341. The van der Waals surface area contributed by atoms with Gasteiger partial charge in [0.2, 0.25) is 0 Å². The van der Waals surface area contributed by atoms with Gasteiger partial charge in [0.15, 0.2) is 0 Å². The van der Waals surface area contributed by atoms with Crippen LogP contribution in [0.1, 0.15) is 54.4 Å². The summed E-state index contributed by atoms with van der Waals surface area (Å²) in [6, 6.07) is 1.61. The van der Waals surface area contributed by atoms with Gasteiger partial charge in [-0.2, -0.15) is 0 Å². The van der Waals surface area contributed by atoms with E-state index in [9.17, 15) is 0 Å². The first-order valence-corrected chi connectivity index (χ1v) is 6.75. The number of rotatable bonds is 0. The first-order valence-electron chi connectivity index (χ1n) is 6.75. The molecule has 2 heteroatoms. The van der Waals surface area contributed by atoms with Crippen LogP contribution in [-0.2, 0) is 0 Å². The van der Waals surface area contributed by atoms with Crippen LogP contribution in [0.15, 0.2) is 0 Å². The normalized spacial score (nSPS) is 33.4. The lowest BCUT2D eigenvalue weighted by atomic mass is 10.0. The molecule has 0 saturated carbocycles. The molecule has 0 aromatic carbocycles. The molecule has 94 valence electrons. The molecule has 2 fully saturated rings. The Morgan fingerprint density at radius 1 is 0.688 bits per heavy atom. The Morgan fingerprint density at radius 3 is 1.25 bits per heavy atom. The van der Waals surface area contributed by atoms with Crippen LogP contribution in [0, 0.1) is 0 Å². The third-order valence-corrected chi connectivity index (χ3v) is 4.30. The van der Waals surface area contributed by atoms with E-state index >= 15 is 0 Å². The van der Waals surface area contributed by atoms with E-state index < -0.39 is 0 Å². The van der Waals surface area contributed by atoms with Crippen LogP contribution in [0.5, 0.6) is 0 Å². The van der Waals surface area contributed by atoms with Crippen LogP contribution in [-0.4, -0.2) is 46.1 Å². The van der Waals surface area contributed by atoms with Crippen molar-refractivity contribution in [1.29, 1.82) is 0 Å². The van der Waals surface area contributed by atoms with Crippen LogP contribution in [0.4, 0.5) is 0 Å². The summed E-state index contributed by atoms with van der Waals surface area (Å²) in [6.45, 7) is 16.7. The van der Waals surface area contributed by atoms with Crippen molar-refractivity contribution in [3.63, 3.8) is 0 Å². The van der Waals surface area contributed by atoms with Crippen molar-refractivity contribution < 1.29 is 0 Å². The molecule has 0 bridgehead atoms. The highest BCUT2D eigenvalue weighted by molar-refractivity contribution is 5.04. The lowest BCUT2D eigenvalue weighted by molar-refractivity contribution is 0.0955. The Hall–Kier alpha value is -0.0800. The number of hydrogen-bond donors (Lipinski definition) is 0. The summed E-state index contributed by atoms with van der Waals surface area (Å²) in [5.41, 5.74) is 0.681. The Labute approximate surface area is 101 Å². The number of nitrogens with zero attached hydrogens (tertiary/aromatic N) is 2. The third kappa shape index (κ3) is 2.02. The molecule has 0 aromatic rings. The van der Waals surface area contributed by atoms with Gasteiger partial charge in [0.25, 0.3) is 0 Å². The van der Waals surface area contributed by atoms with Crippen molar-refractivity contribution in [3.8, 4) is 0 Å². The fourth-order valence-corrected chi connectivity index (χ4v) is 3.65. The zero-order valence-corrected chi connectivity index (χ0v) is 11.9. The summed E-state index contributed by atoms with van der Waals surface area (Å²) in [5, 5.41) is 0. The second-order valence-corrected chi connectivity index (χ2v) is 7.44. The Kier molecular flexibility index (Phi) is 2.87. The number of hydrogen-bond acceptors (Lipinski definition) is 2. The summed E-state index contributed by atoms with van der Waals surface area (Å²) >= 11 is 0. The van der Waals surface area contributed by atoms with E-state index in [0.29, 0.717) is 11.1 Å². The summed E-state index contributed by atoms with van der Waals surface area (Å²) in [4.78, 5) is 5.45. The molecule has 2 rings (SSSR count). The second kappa shape index (κ2) is 3.71. The van der Waals surface area contributed by atoms with Crippen LogP contribution in [0.2, 0.25) is 0 Å². The molecule has 0 N–H and O–H groups in total. The Morgan fingerprint density at radius 2 is 1.00 bits per heavy atom. The first kappa shape index (κ1) is 12.4. The van der Waals surface area contributed by atoms with E-state index in [2.05, 4.69) is 51.3 Å². The SMILES string of the molecule is CC(C)(C)N1CC[C@@H]2[C@H]1CCN2C(C)(C)C. The molecule has 2 nitrogen and oxygen atoms in total. The van der Waals surface area contributed by atoms with E-state index in [4.69, 9.17) is 0 Å². The maximum atomic E-state index is 2.73. The van der Waals surface area contributed by atoms with Gasteiger partial charge in [-0.25, -0.2) is 0 Å². The molecule has 0 aliphatic carbocycles. The monoisotopic (exact) mass is 224 g/mol. The van der Waals surface area contributed by atoms with Crippen molar-refractivity contribution >= 4 is 0 Å². The quantitative estimate of drug-likeness (QED) is 0.624. The van der Waals surface area contributed by atoms with E-state index in [-0.39, 0.29) is 0 Å². The van der Waals surface area contributed by atoms with Crippen molar-refractivity contribution in [2.24, 2.45) is 0 Å². The van der Waals surface area contributed by atoms with E-state index in [1.165, 1.54) is 25.9 Å². The van der Waals surface area contributed by atoms with Gasteiger partial charge in [-0.3, -0.25) is 9.80 Å². The Bertz CT molecular complexity index is 231. The van der Waals surface area contributed by atoms with E-state index in [1.807, 2.05) is 0 Å². The minimum Gasteiger partial charge on any atom is -0.294 e. The molecule has 2 saturated heterocycles. The van der Waals surface area contributed by atoms with Gasteiger partial charge in [-0.1, -0.05) is 0 Å². The van der Waals surface area contributed by atoms with Crippen molar-refractivity contribution in [2.75, 3.05) is 13.1 Å². The van der Waals surface area contributed by atoms with Crippen molar-refractivity contribution in [3.05, 3.63) is 0 Å². The predicted molar refractivity (Wildman–Crippen MR) is 69.7 cm³/mol. The fraction of sp³-hybridized carbons (Fsp3) is 1.00. The van der Waals surface area contributed by atoms with Gasteiger partial charge in [0.05, 0.1) is 0 Å². The lowest BCUT2D eigenvalue weighted by Crippen LogP contribution is -2.49. The van der Waals surface area contributed by atoms with Gasteiger partial charge in [-0.15, -0.1) is 0 Å². The van der Waals surface area contributed by atoms with Crippen LogP contribution < -0.4 is 0 Å². The highest BCUT2D eigenvalue weighted by Crippen LogP contribution is 2.38. The first-order chi connectivity index (χ1) is 7.21. The van der Waals surface area contributed by atoms with Gasteiger partial charge >= 0.3 is 0 Å². The molecular formula is C14H28N2. The molecule has 0 aromatic heterocycles. The average Bonchev–Trinajstić information content (AvgIpc) is 2.54. The Balaban J connectivity index is 2.13. The highest BCUT2D eigenvalue weighted by atomic mass is 15.4. The summed E-state index contributed by atoms with van der Waals surface area (Å²) < 4.78 is 0. The molecule has 2 aliphatic heterocycles. The smallest absolute Gasteiger partial charge is 0.0269 e. The third-order valence-electron chi connectivity index (χ3n) is 4.30. The second-order valence-electron chi connectivity index (χ2n) is 7.44. The van der Waals surface area contributed by atoms with Crippen LogP contribution in [0.25, 0.3) is 0 Å². The van der Waals surface area contributed by atoms with Gasteiger partial charge in [-0.05, 0) is 54.4 Å². The van der Waals surface area contributed by atoms with Crippen molar-refractivity contribution in [2.45, 2.75) is 77.5 Å². The average molecular weight is 224 g/mol. The standard InChI is InChI=1S/C14H28N2/c1-13(2,3)15-9-7-12-11(15)8-10-16(12)14(4,5)6/h11-12H,7-10H2,1-6H3/t11-,12-/m1/s1.